The van der Waals surface area contributed by atoms with Gasteiger partial charge in [0.1, 0.15) is 0 Å². The lowest BCUT2D eigenvalue weighted by molar-refractivity contribution is 0.211. The van der Waals surface area contributed by atoms with Gasteiger partial charge >= 0.3 is 0 Å². The zero-order chi connectivity index (χ0) is 7.49. The molecule has 0 unspecified atom stereocenters. The lowest BCUT2D eigenvalue weighted by atomic mass is 9.80. The molecule has 0 fully saturated rings. The average Bonchev–Trinajstić information content (AvgIpc) is 1.65. The van der Waals surface area contributed by atoms with Crippen LogP contribution in [0.3, 0.4) is 0 Å². The summed E-state index contributed by atoms with van der Waals surface area (Å²) in [5, 5.41) is 0. The minimum atomic E-state index is -0.149. The van der Waals surface area contributed by atoms with Gasteiger partial charge in [-0.25, -0.2) is 0 Å². The largest absolute Gasteiger partial charge is 0.307 e. The van der Waals surface area contributed by atoms with Crippen LogP contribution < -0.4 is 0 Å². The van der Waals surface area contributed by atoms with E-state index in [1.165, 1.54) is 0 Å². The molecule has 0 heterocycles. The first-order valence-electron chi connectivity index (χ1n) is 3.56. The Morgan fingerprint density at radius 3 is 1.56 bits per heavy atom. The van der Waals surface area contributed by atoms with Crippen molar-refractivity contribution in [3.63, 3.8) is 0 Å². The molecule has 0 atom stereocenters. The first-order valence-corrected chi connectivity index (χ1v) is 3.56. The molecule has 1 nitrogen and oxygen atoms in total. The molecule has 0 rings (SSSR count). The molecule has 0 amide bonds. The van der Waals surface area contributed by atoms with Crippen LogP contribution in [-0.2, 0) is 0 Å². The van der Waals surface area contributed by atoms with E-state index < -0.39 is 0 Å². The van der Waals surface area contributed by atoms with Crippen molar-refractivity contribution in [2.24, 2.45) is 0 Å². The SMILES string of the molecule is [B]C(C)(C)N(CC)CC. The van der Waals surface area contributed by atoms with Gasteiger partial charge in [0.25, 0.3) is 0 Å². The molecule has 0 bridgehead atoms. The molecule has 0 aromatic heterocycles. The predicted octanol–water partition coefficient (Wildman–Crippen LogP) is 1.23. The minimum absolute atomic E-state index is 0.149. The summed E-state index contributed by atoms with van der Waals surface area (Å²) in [5.74, 6) is 0. The van der Waals surface area contributed by atoms with Crippen LogP contribution >= 0.6 is 0 Å². The van der Waals surface area contributed by atoms with E-state index in [1.807, 2.05) is 13.8 Å². The fourth-order valence-electron chi connectivity index (χ4n) is 1.04. The standard InChI is InChI=1S/C7H16BN/c1-5-9(6-2)7(3,4)8/h5-6H2,1-4H3. The minimum Gasteiger partial charge on any atom is -0.307 e. The lowest BCUT2D eigenvalue weighted by Crippen LogP contribution is -2.43. The molecule has 0 saturated carbocycles. The molecule has 52 valence electrons. The van der Waals surface area contributed by atoms with Crippen LogP contribution in [0.2, 0.25) is 0 Å². The normalized spacial score (nSPS) is 12.6. The highest BCUT2D eigenvalue weighted by Crippen LogP contribution is 2.06. The Balaban J connectivity index is 3.79. The number of nitrogens with zero attached hydrogens (tertiary/aromatic N) is 1. The monoisotopic (exact) mass is 125 g/mol. The molecule has 2 radical (unpaired) electrons. The molecule has 0 spiro atoms. The summed E-state index contributed by atoms with van der Waals surface area (Å²) in [5.41, 5.74) is -0.149. The molecule has 0 N–H and O–H groups in total. The Labute approximate surface area is 59.8 Å². The number of rotatable bonds is 3. The Bertz CT molecular complexity index is 71.5. The highest BCUT2D eigenvalue weighted by Gasteiger charge is 2.15. The molecular formula is C7H16BN. The van der Waals surface area contributed by atoms with Crippen molar-refractivity contribution in [2.75, 3.05) is 13.1 Å². The van der Waals surface area contributed by atoms with Gasteiger partial charge in [-0.3, -0.25) is 0 Å². The summed E-state index contributed by atoms with van der Waals surface area (Å²) in [4.78, 5) is 2.22. The molecule has 0 aromatic carbocycles. The van der Waals surface area contributed by atoms with E-state index in [-0.39, 0.29) is 5.44 Å². The fourth-order valence-corrected chi connectivity index (χ4v) is 1.04. The zero-order valence-electron chi connectivity index (χ0n) is 6.94. The molecule has 0 aliphatic carbocycles. The maximum atomic E-state index is 5.83. The van der Waals surface area contributed by atoms with Gasteiger partial charge in [-0.2, -0.15) is 0 Å². The second-order valence-corrected chi connectivity index (χ2v) is 2.83. The quantitative estimate of drug-likeness (QED) is 0.513. The summed E-state index contributed by atoms with van der Waals surface area (Å²) >= 11 is 0. The Morgan fingerprint density at radius 2 is 1.56 bits per heavy atom. The van der Waals surface area contributed by atoms with Gasteiger partial charge in [-0.05, 0) is 18.5 Å². The van der Waals surface area contributed by atoms with Crippen LogP contribution in [0.4, 0.5) is 0 Å². The van der Waals surface area contributed by atoms with Crippen molar-refractivity contribution in [2.45, 2.75) is 33.1 Å². The van der Waals surface area contributed by atoms with E-state index in [9.17, 15) is 0 Å². The van der Waals surface area contributed by atoms with Crippen molar-refractivity contribution < 1.29 is 0 Å². The highest BCUT2D eigenvalue weighted by molar-refractivity contribution is 6.14. The van der Waals surface area contributed by atoms with Gasteiger partial charge < -0.3 is 4.90 Å². The Hall–Kier alpha value is 0.0249. The summed E-state index contributed by atoms with van der Waals surface area (Å²) < 4.78 is 0. The topological polar surface area (TPSA) is 3.24 Å². The average molecular weight is 125 g/mol. The fraction of sp³-hybridized carbons (Fsp3) is 1.00. The van der Waals surface area contributed by atoms with Crippen LogP contribution in [-0.4, -0.2) is 31.3 Å². The van der Waals surface area contributed by atoms with Crippen LogP contribution in [0.25, 0.3) is 0 Å². The van der Waals surface area contributed by atoms with Gasteiger partial charge in [-0.1, -0.05) is 27.7 Å². The van der Waals surface area contributed by atoms with E-state index in [4.69, 9.17) is 7.85 Å². The second-order valence-electron chi connectivity index (χ2n) is 2.83. The summed E-state index contributed by atoms with van der Waals surface area (Å²) in [6.45, 7) is 10.4. The van der Waals surface area contributed by atoms with Gasteiger partial charge in [0, 0.05) is 0 Å². The van der Waals surface area contributed by atoms with E-state index in [0.717, 1.165) is 13.1 Å². The molecule has 2 heteroatoms. The van der Waals surface area contributed by atoms with Gasteiger partial charge in [0.15, 0.2) is 0 Å². The third-order valence-electron chi connectivity index (χ3n) is 1.58. The van der Waals surface area contributed by atoms with E-state index >= 15 is 0 Å². The Morgan fingerprint density at radius 1 is 1.22 bits per heavy atom. The smallest absolute Gasteiger partial charge is 0.0949 e. The van der Waals surface area contributed by atoms with Crippen LogP contribution in [0.1, 0.15) is 27.7 Å². The third kappa shape index (κ3) is 2.90. The summed E-state index contributed by atoms with van der Waals surface area (Å²) in [6.07, 6.45) is 0. The molecule has 0 aromatic rings. The van der Waals surface area contributed by atoms with E-state index in [2.05, 4.69) is 18.7 Å². The number of hydrogen-bond acceptors (Lipinski definition) is 1. The number of hydrogen-bond donors (Lipinski definition) is 0. The zero-order valence-corrected chi connectivity index (χ0v) is 6.94. The van der Waals surface area contributed by atoms with E-state index in [1.54, 1.807) is 0 Å². The van der Waals surface area contributed by atoms with Crippen molar-refractivity contribution >= 4 is 7.85 Å². The molecular weight excluding hydrogens is 109 g/mol. The van der Waals surface area contributed by atoms with Crippen LogP contribution in [0.15, 0.2) is 0 Å². The van der Waals surface area contributed by atoms with Crippen molar-refractivity contribution in [3.05, 3.63) is 0 Å². The maximum absolute atomic E-state index is 5.83. The van der Waals surface area contributed by atoms with Crippen molar-refractivity contribution in [1.82, 2.24) is 4.90 Å². The first kappa shape index (κ1) is 9.02. The first-order chi connectivity index (χ1) is 4.02. The third-order valence-corrected chi connectivity index (χ3v) is 1.58. The summed E-state index contributed by atoms with van der Waals surface area (Å²) in [6, 6.07) is 0. The molecule has 0 aliphatic heterocycles. The van der Waals surface area contributed by atoms with Crippen LogP contribution in [0.5, 0.6) is 0 Å². The Kier molecular flexibility index (Phi) is 3.27. The molecule has 9 heavy (non-hydrogen) atoms. The van der Waals surface area contributed by atoms with Gasteiger partial charge in [0.2, 0.25) is 0 Å². The van der Waals surface area contributed by atoms with E-state index in [0.29, 0.717) is 0 Å². The summed E-state index contributed by atoms with van der Waals surface area (Å²) in [7, 11) is 5.83. The molecule has 0 saturated heterocycles. The molecule has 0 aliphatic rings. The second kappa shape index (κ2) is 3.26. The van der Waals surface area contributed by atoms with Gasteiger partial charge in [-0.15, -0.1) is 0 Å². The van der Waals surface area contributed by atoms with Crippen molar-refractivity contribution in [3.8, 4) is 0 Å². The van der Waals surface area contributed by atoms with Crippen molar-refractivity contribution in [1.29, 1.82) is 0 Å². The van der Waals surface area contributed by atoms with Crippen LogP contribution in [0, 0.1) is 0 Å². The predicted molar refractivity (Wildman–Crippen MR) is 42.8 cm³/mol. The lowest BCUT2D eigenvalue weighted by Gasteiger charge is -2.34. The van der Waals surface area contributed by atoms with Gasteiger partial charge in [0.05, 0.1) is 7.85 Å². The maximum Gasteiger partial charge on any atom is 0.0949 e. The highest BCUT2D eigenvalue weighted by atomic mass is 15.2.